The van der Waals surface area contributed by atoms with Crippen LogP contribution in [0, 0.1) is 11.3 Å². The van der Waals surface area contributed by atoms with Gasteiger partial charge < -0.3 is 16.0 Å². The van der Waals surface area contributed by atoms with Crippen LogP contribution in [0.15, 0.2) is 61.2 Å². The number of rotatable bonds is 11. The molecule has 1 saturated carbocycles. The van der Waals surface area contributed by atoms with Gasteiger partial charge in [0.25, 0.3) is 0 Å². The number of hydrogen-bond acceptors (Lipinski definition) is 5. The number of benzene rings is 2. The van der Waals surface area contributed by atoms with Crippen LogP contribution < -0.4 is 11.1 Å². The Morgan fingerprint density at radius 3 is 2.40 bits per heavy atom. The van der Waals surface area contributed by atoms with Crippen LogP contribution in [-0.4, -0.2) is 50.6 Å². The van der Waals surface area contributed by atoms with Crippen molar-refractivity contribution in [3.8, 4) is 0 Å². The molecule has 2 heterocycles. The second-order valence-electron chi connectivity index (χ2n) is 12.0. The maximum atomic E-state index is 14.0. The quantitative estimate of drug-likeness (QED) is 0.329. The van der Waals surface area contributed by atoms with Crippen molar-refractivity contribution in [3.63, 3.8) is 0 Å². The summed E-state index contributed by atoms with van der Waals surface area (Å²) in [6, 6.07) is 14.8. The standard InChI is InChI=1S/C33H43ClN6O2/c34-29-13-10-25(11-14-29)20-30(38-31(41)15-12-26-6-4-5-7-27(26)21-35)32(42)39-18-16-33(17-19-39,22-40-24-36-23-37-40)28-8-2-1-3-9-28/h4-7,10-11,13-14,23-24,28,30H,1-3,8-9,12,15-22,35H2,(H,38,41). The zero-order chi connectivity index (χ0) is 29.4. The average molecular weight is 591 g/mol. The molecule has 8 nitrogen and oxygen atoms in total. The lowest BCUT2D eigenvalue weighted by Crippen LogP contribution is -2.54. The maximum absolute atomic E-state index is 14.0. The van der Waals surface area contributed by atoms with Gasteiger partial charge in [-0.2, -0.15) is 5.10 Å². The Hall–Kier alpha value is -3.23. The monoisotopic (exact) mass is 590 g/mol. The van der Waals surface area contributed by atoms with E-state index in [-0.39, 0.29) is 17.2 Å². The molecule has 0 spiro atoms. The first-order valence-electron chi connectivity index (χ1n) is 15.4. The Bertz CT molecular complexity index is 1300. The number of aryl methyl sites for hydroxylation is 1. The summed E-state index contributed by atoms with van der Waals surface area (Å²) >= 11 is 6.12. The van der Waals surface area contributed by atoms with Gasteiger partial charge in [-0.25, -0.2) is 4.98 Å². The predicted molar refractivity (Wildman–Crippen MR) is 165 cm³/mol. The van der Waals surface area contributed by atoms with Gasteiger partial charge in [0.15, 0.2) is 0 Å². The largest absolute Gasteiger partial charge is 0.344 e. The van der Waals surface area contributed by atoms with Gasteiger partial charge in [0.2, 0.25) is 11.8 Å². The number of nitrogens with two attached hydrogens (primary N) is 1. The number of nitrogens with one attached hydrogen (secondary N) is 1. The number of carbonyl (C=O) groups is 2. The number of piperidine rings is 1. The highest BCUT2D eigenvalue weighted by atomic mass is 35.5. The molecule has 1 unspecified atom stereocenters. The molecule has 5 rings (SSSR count). The normalized spacial score (nSPS) is 18.0. The van der Waals surface area contributed by atoms with Gasteiger partial charge in [0.05, 0.1) is 0 Å². The van der Waals surface area contributed by atoms with E-state index in [1.54, 1.807) is 6.33 Å². The third-order valence-electron chi connectivity index (χ3n) is 9.43. The highest BCUT2D eigenvalue weighted by Crippen LogP contribution is 2.47. The molecule has 2 amide bonds. The highest BCUT2D eigenvalue weighted by molar-refractivity contribution is 6.30. The second kappa shape index (κ2) is 14.3. The van der Waals surface area contributed by atoms with Crippen molar-refractivity contribution in [3.05, 3.63) is 82.9 Å². The molecule has 42 heavy (non-hydrogen) atoms. The summed E-state index contributed by atoms with van der Waals surface area (Å²) in [5.74, 6) is 0.487. The van der Waals surface area contributed by atoms with Gasteiger partial charge in [-0.3, -0.25) is 14.3 Å². The molecule has 0 radical (unpaired) electrons. The lowest BCUT2D eigenvalue weighted by molar-refractivity contribution is -0.139. The summed E-state index contributed by atoms with van der Waals surface area (Å²) in [5, 5.41) is 8.16. The van der Waals surface area contributed by atoms with Crippen molar-refractivity contribution in [2.45, 2.75) is 83.3 Å². The van der Waals surface area contributed by atoms with E-state index in [1.165, 1.54) is 32.1 Å². The molecular formula is C33H43ClN6O2. The van der Waals surface area contributed by atoms with Crippen LogP contribution in [0.2, 0.25) is 5.02 Å². The third kappa shape index (κ3) is 7.58. The van der Waals surface area contributed by atoms with Crippen molar-refractivity contribution >= 4 is 23.4 Å². The SMILES string of the molecule is NCc1ccccc1CCC(=O)NC(Cc1ccc(Cl)cc1)C(=O)N1CCC(Cn2cncn2)(C2CCCCC2)CC1. The second-order valence-corrected chi connectivity index (χ2v) is 12.5. The number of nitrogens with zero attached hydrogens (tertiary/aromatic N) is 4. The molecule has 3 aromatic rings. The summed E-state index contributed by atoms with van der Waals surface area (Å²) in [6.45, 7) is 2.64. The van der Waals surface area contributed by atoms with Crippen molar-refractivity contribution < 1.29 is 9.59 Å². The molecule has 0 bridgehead atoms. The molecule has 9 heteroatoms. The molecule has 224 valence electrons. The fourth-order valence-corrected chi connectivity index (χ4v) is 7.14. The Morgan fingerprint density at radius 1 is 1.02 bits per heavy atom. The number of amides is 2. The van der Waals surface area contributed by atoms with Crippen LogP contribution >= 0.6 is 11.6 Å². The molecule has 1 aliphatic heterocycles. The number of hydrogen-bond donors (Lipinski definition) is 2. The van der Waals surface area contributed by atoms with Gasteiger partial charge >= 0.3 is 0 Å². The van der Waals surface area contributed by atoms with Crippen molar-refractivity contribution in [1.82, 2.24) is 25.0 Å². The van der Waals surface area contributed by atoms with Gasteiger partial charge in [-0.15, -0.1) is 0 Å². The zero-order valence-corrected chi connectivity index (χ0v) is 25.1. The molecular weight excluding hydrogens is 548 g/mol. The number of carbonyl (C=O) groups excluding carboxylic acids is 2. The van der Waals surface area contributed by atoms with Crippen LogP contribution in [0.3, 0.4) is 0 Å². The summed E-state index contributed by atoms with van der Waals surface area (Å²) in [5.41, 5.74) is 9.07. The lowest BCUT2D eigenvalue weighted by atomic mass is 9.63. The maximum Gasteiger partial charge on any atom is 0.245 e. The minimum atomic E-state index is -0.638. The van der Waals surface area contributed by atoms with Crippen LogP contribution in [-0.2, 0) is 35.5 Å². The van der Waals surface area contributed by atoms with E-state index in [4.69, 9.17) is 17.3 Å². The Labute approximate surface area is 254 Å². The minimum absolute atomic E-state index is 0.0151. The Kier molecular flexibility index (Phi) is 10.3. The van der Waals surface area contributed by atoms with Gasteiger partial charge in [-0.05, 0) is 72.3 Å². The molecule has 1 saturated heterocycles. The number of likely N-dealkylation sites (tertiary alicyclic amines) is 1. The summed E-state index contributed by atoms with van der Waals surface area (Å²) in [6.07, 6.45) is 12.9. The minimum Gasteiger partial charge on any atom is -0.344 e. The molecule has 2 fully saturated rings. The van der Waals surface area contributed by atoms with E-state index in [1.807, 2.05) is 64.4 Å². The topological polar surface area (TPSA) is 106 Å². The van der Waals surface area contributed by atoms with Gasteiger partial charge in [-0.1, -0.05) is 67.3 Å². The van der Waals surface area contributed by atoms with E-state index >= 15 is 0 Å². The lowest BCUT2D eigenvalue weighted by Gasteiger charge is -2.48. The number of halogens is 1. The van der Waals surface area contributed by atoms with Crippen LogP contribution in [0.25, 0.3) is 0 Å². The summed E-state index contributed by atoms with van der Waals surface area (Å²) < 4.78 is 1.97. The van der Waals surface area contributed by atoms with E-state index in [0.717, 1.165) is 36.1 Å². The van der Waals surface area contributed by atoms with Crippen molar-refractivity contribution in [2.24, 2.45) is 17.1 Å². The summed E-state index contributed by atoms with van der Waals surface area (Å²) in [4.78, 5) is 33.4. The third-order valence-corrected chi connectivity index (χ3v) is 9.68. The Balaban J connectivity index is 1.27. The molecule has 1 atom stereocenters. The zero-order valence-electron chi connectivity index (χ0n) is 24.4. The fourth-order valence-electron chi connectivity index (χ4n) is 7.01. The summed E-state index contributed by atoms with van der Waals surface area (Å²) in [7, 11) is 0. The van der Waals surface area contributed by atoms with E-state index in [0.29, 0.717) is 49.8 Å². The predicted octanol–water partition coefficient (Wildman–Crippen LogP) is 4.94. The number of aromatic nitrogens is 3. The van der Waals surface area contributed by atoms with Gasteiger partial charge in [0, 0.05) is 44.0 Å². The molecule has 3 N–H and O–H groups in total. The molecule has 1 aromatic heterocycles. The van der Waals surface area contributed by atoms with Crippen LogP contribution in [0.4, 0.5) is 0 Å². The van der Waals surface area contributed by atoms with E-state index < -0.39 is 6.04 Å². The highest BCUT2D eigenvalue weighted by Gasteiger charge is 2.43. The smallest absolute Gasteiger partial charge is 0.245 e. The van der Waals surface area contributed by atoms with Crippen LogP contribution in [0.1, 0.15) is 68.1 Å². The molecule has 2 aromatic carbocycles. The first kappa shape index (κ1) is 30.2. The van der Waals surface area contributed by atoms with Crippen LogP contribution in [0.5, 0.6) is 0 Å². The fraction of sp³-hybridized carbons (Fsp3) is 0.515. The van der Waals surface area contributed by atoms with Gasteiger partial charge in [0.1, 0.15) is 18.7 Å². The van der Waals surface area contributed by atoms with Crippen molar-refractivity contribution in [1.29, 1.82) is 0 Å². The van der Waals surface area contributed by atoms with E-state index in [9.17, 15) is 9.59 Å². The first-order chi connectivity index (χ1) is 20.5. The molecule has 2 aliphatic rings. The Morgan fingerprint density at radius 2 is 1.74 bits per heavy atom. The average Bonchev–Trinajstić information content (AvgIpc) is 3.54. The first-order valence-corrected chi connectivity index (χ1v) is 15.8. The van der Waals surface area contributed by atoms with E-state index in [2.05, 4.69) is 15.4 Å². The van der Waals surface area contributed by atoms with Crippen molar-refractivity contribution in [2.75, 3.05) is 13.1 Å². The molecule has 1 aliphatic carbocycles.